The highest BCUT2D eigenvalue weighted by Gasteiger charge is 2.03. The van der Waals surface area contributed by atoms with E-state index >= 15 is 0 Å². The molecular weight excluding hydrogens is 228 g/mol. The molecule has 0 atom stereocenters. The number of nitrogen functional groups attached to an aromatic ring is 1. The lowest BCUT2D eigenvalue weighted by atomic mass is 10.2. The van der Waals surface area contributed by atoms with E-state index in [9.17, 15) is 0 Å². The number of anilines is 1. The first-order chi connectivity index (χ1) is 8.70. The molecule has 0 amide bonds. The van der Waals surface area contributed by atoms with Crippen LogP contribution in [0.15, 0.2) is 36.7 Å². The third-order valence-electron chi connectivity index (χ3n) is 2.76. The van der Waals surface area contributed by atoms with Crippen LogP contribution in [0.25, 0.3) is 0 Å². The zero-order chi connectivity index (χ0) is 13.0. The van der Waals surface area contributed by atoms with Crippen LogP contribution in [0.1, 0.15) is 11.1 Å². The summed E-state index contributed by atoms with van der Waals surface area (Å²) in [5, 5.41) is 0. The maximum absolute atomic E-state index is 5.77. The number of aromatic nitrogens is 1. The fourth-order valence-corrected chi connectivity index (χ4v) is 1.55. The van der Waals surface area contributed by atoms with E-state index < -0.39 is 0 Å². The van der Waals surface area contributed by atoms with Crippen LogP contribution in [0, 0.1) is 6.92 Å². The smallest absolute Gasteiger partial charge is 0.143 e. The van der Waals surface area contributed by atoms with Crippen LogP contribution in [0.4, 0.5) is 5.69 Å². The second kappa shape index (κ2) is 5.40. The zero-order valence-corrected chi connectivity index (χ0v) is 10.5. The Kier molecular flexibility index (Phi) is 3.67. The number of benzene rings is 1. The van der Waals surface area contributed by atoms with Crippen molar-refractivity contribution in [3.63, 3.8) is 0 Å². The minimum atomic E-state index is 0.482. The molecular formula is C14H16N2O2. The van der Waals surface area contributed by atoms with Gasteiger partial charge in [-0.15, -0.1) is 0 Å². The van der Waals surface area contributed by atoms with E-state index in [2.05, 4.69) is 4.98 Å². The molecule has 1 heterocycles. The fourth-order valence-electron chi connectivity index (χ4n) is 1.55. The SMILES string of the molecule is COc1ccc(COc2cncc(N)c2C)cc1. The summed E-state index contributed by atoms with van der Waals surface area (Å²) in [5.74, 6) is 1.55. The van der Waals surface area contributed by atoms with Crippen molar-refractivity contribution in [2.45, 2.75) is 13.5 Å². The van der Waals surface area contributed by atoms with E-state index in [1.165, 1.54) is 0 Å². The molecule has 0 aliphatic carbocycles. The fraction of sp³-hybridized carbons (Fsp3) is 0.214. The molecule has 0 aliphatic rings. The first kappa shape index (κ1) is 12.2. The molecule has 0 radical (unpaired) electrons. The largest absolute Gasteiger partial charge is 0.497 e. The third kappa shape index (κ3) is 2.71. The summed E-state index contributed by atoms with van der Waals surface area (Å²) in [6, 6.07) is 7.74. The summed E-state index contributed by atoms with van der Waals surface area (Å²) >= 11 is 0. The second-order valence-electron chi connectivity index (χ2n) is 3.99. The molecule has 0 bridgehead atoms. The van der Waals surface area contributed by atoms with Gasteiger partial charge in [0, 0.05) is 5.56 Å². The molecule has 0 aliphatic heterocycles. The Labute approximate surface area is 106 Å². The molecule has 0 fully saturated rings. The van der Waals surface area contributed by atoms with Crippen LogP contribution in [-0.2, 0) is 6.61 Å². The molecule has 94 valence electrons. The number of hydrogen-bond donors (Lipinski definition) is 1. The van der Waals surface area contributed by atoms with Crippen molar-refractivity contribution in [3.05, 3.63) is 47.8 Å². The highest BCUT2D eigenvalue weighted by molar-refractivity contribution is 5.50. The molecule has 0 spiro atoms. The predicted octanol–water partition coefficient (Wildman–Crippen LogP) is 2.56. The summed E-state index contributed by atoms with van der Waals surface area (Å²) in [5.41, 5.74) is 8.39. The van der Waals surface area contributed by atoms with Gasteiger partial charge in [-0.3, -0.25) is 4.98 Å². The van der Waals surface area contributed by atoms with Crippen LogP contribution in [-0.4, -0.2) is 12.1 Å². The number of pyridine rings is 1. The molecule has 2 rings (SSSR count). The van der Waals surface area contributed by atoms with Crippen molar-refractivity contribution >= 4 is 5.69 Å². The van der Waals surface area contributed by atoms with Gasteiger partial charge in [0.1, 0.15) is 18.1 Å². The van der Waals surface area contributed by atoms with Gasteiger partial charge in [-0.2, -0.15) is 0 Å². The lowest BCUT2D eigenvalue weighted by Crippen LogP contribution is -2.00. The maximum atomic E-state index is 5.77. The zero-order valence-electron chi connectivity index (χ0n) is 10.5. The Morgan fingerprint density at radius 3 is 2.56 bits per heavy atom. The van der Waals surface area contributed by atoms with E-state index in [0.29, 0.717) is 18.0 Å². The Balaban J connectivity index is 2.04. The number of rotatable bonds is 4. The van der Waals surface area contributed by atoms with Crippen molar-refractivity contribution in [3.8, 4) is 11.5 Å². The molecule has 2 N–H and O–H groups in total. The van der Waals surface area contributed by atoms with Gasteiger partial charge in [-0.1, -0.05) is 12.1 Å². The minimum Gasteiger partial charge on any atom is -0.497 e. The summed E-state index contributed by atoms with van der Waals surface area (Å²) in [4.78, 5) is 4.01. The van der Waals surface area contributed by atoms with Gasteiger partial charge >= 0.3 is 0 Å². The highest BCUT2D eigenvalue weighted by Crippen LogP contribution is 2.22. The topological polar surface area (TPSA) is 57.4 Å². The van der Waals surface area contributed by atoms with E-state index in [1.54, 1.807) is 19.5 Å². The van der Waals surface area contributed by atoms with Gasteiger partial charge < -0.3 is 15.2 Å². The van der Waals surface area contributed by atoms with Crippen LogP contribution in [0.5, 0.6) is 11.5 Å². The molecule has 0 unspecified atom stereocenters. The lowest BCUT2D eigenvalue weighted by Gasteiger charge is -2.10. The normalized spacial score (nSPS) is 10.1. The average molecular weight is 244 g/mol. The van der Waals surface area contributed by atoms with E-state index in [1.807, 2.05) is 31.2 Å². The van der Waals surface area contributed by atoms with Gasteiger partial charge in [0.05, 0.1) is 25.2 Å². The predicted molar refractivity (Wildman–Crippen MR) is 70.7 cm³/mol. The third-order valence-corrected chi connectivity index (χ3v) is 2.76. The Hall–Kier alpha value is -2.23. The quantitative estimate of drug-likeness (QED) is 0.898. The molecule has 0 saturated heterocycles. The monoisotopic (exact) mass is 244 g/mol. The molecule has 1 aromatic carbocycles. The van der Waals surface area contributed by atoms with E-state index in [0.717, 1.165) is 16.9 Å². The van der Waals surface area contributed by atoms with Gasteiger partial charge in [0.25, 0.3) is 0 Å². The Morgan fingerprint density at radius 1 is 1.17 bits per heavy atom. The van der Waals surface area contributed by atoms with Crippen LogP contribution >= 0.6 is 0 Å². The molecule has 4 nitrogen and oxygen atoms in total. The molecule has 18 heavy (non-hydrogen) atoms. The Morgan fingerprint density at radius 2 is 1.89 bits per heavy atom. The van der Waals surface area contributed by atoms with Crippen molar-refractivity contribution in [1.29, 1.82) is 0 Å². The summed E-state index contributed by atoms with van der Waals surface area (Å²) in [7, 11) is 1.65. The summed E-state index contributed by atoms with van der Waals surface area (Å²) < 4.78 is 10.8. The number of nitrogens with two attached hydrogens (primary N) is 1. The molecule has 2 aromatic rings. The van der Waals surface area contributed by atoms with Crippen molar-refractivity contribution in [1.82, 2.24) is 4.98 Å². The number of hydrogen-bond acceptors (Lipinski definition) is 4. The molecule has 0 saturated carbocycles. The van der Waals surface area contributed by atoms with Gasteiger partial charge in [-0.05, 0) is 24.6 Å². The number of ether oxygens (including phenoxy) is 2. The van der Waals surface area contributed by atoms with Crippen LogP contribution < -0.4 is 15.2 Å². The summed E-state index contributed by atoms with van der Waals surface area (Å²) in [6.45, 7) is 2.40. The highest BCUT2D eigenvalue weighted by atomic mass is 16.5. The standard InChI is InChI=1S/C14H16N2O2/c1-10-13(15)7-16-8-14(10)18-9-11-3-5-12(17-2)6-4-11/h3-8H,9,15H2,1-2H3. The minimum absolute atomic E-state index is 0.482. The first-order valence-corrected chi connectivity index (χ1v) is 5.66. The maximum Gasteiger partial charge on any atom is 0.143 e. The Bertz CT molecular complexity index is 524. The first-order valence-electron chi connectivity index (χ1n) is 5.66. The van der Waals surface area contributed by atoms with Crippen LogP contribution in [0.3, 0.4) is 0 Å². The molecule has 1 aromatic heterocycles. The van der Waals surface area contributed by atoms with Gasteiger partial charge in [0.15, 0.2) is 0 Å². The number of methoxy groups -OCH3 is 1. The number of nitrogens with zero attached hydrogens (tertiary/aromatic N) is 1. The lowest BCUT2D eigenvalue weighted by molar-refractivity contribution is 0.303. The van der Waals surface area contributed by atoms with Gasteiger partial charge in [-0.25, -0.2) is 0 Å². The van der Waals surface area contributed by atoms with Gasteiger partial charge in [0.2, 0.25) is 0 Å². The van der Waals surface area contributed by atoms with E-state index in [-0.39, 0.29) is 0 Å². The van der Waals surface area contributed by atoms with E-state index in [4.69, 9.17) is 15.2 Å². The summed E-state index contributed by atoms with van der Waals surface area (Å²) in [6.07, 6.45) is 3.30. The van der Waals surface area contributed by atoms with Crippen molar-refractivity contribution < 1.29 is 9.47 Å². The molecule has 4 heteroatoms. The van der Waals surface area contributed by atoms with Crippen molar-refractivity contribution in [2.75, 3.05) is 12.8 Å². The van der Waals surface area contributed by atoms with Crippen LogP contribution in [0.2, 0.25) is 0 Å². The van der Waals surface area contributed by atoms with Crippen molar-refractivity contribution in [2.24, 2.45) is 0 Å². The second-order valence-corrected chi connectivity index (χ2v) is 3.99. The average Bonchev–Trinajstić information content (AvgIpc) is 2.41.